The second kappa shape index (κ2) is 7.03. The normalized spacial score (nSPS) is 16.1. The highest BCUT2D eigenvalue weighted by atomic mass is 16.5. The summed E-state index contributed by atoms with van der Waals surface area (Å²) < 4.78 is 6.99. The maximum absolute atomic E-state index is 12.2. The quantitative estimate of drug-likeness (QED) is 0.835. The van der Waals surface area contributed by atoms with E-state index in [0.29, 0.717) is 18.0 Å². The largest absolute Gasteiger partial charge is 0.497 e. The molecule has 2 aromatic rings. The Labute approximate surface area is 141 Å². The van der Waals surface area contributed by atoms with Gasteiger partial charge in [0.05, 0.1) is 12.6 Å². The first-order valence-corrected chi connectivity index (χ1v) is 8.50. The zero-order valence-corrected chi connectivity index (χ0v) is 14.2. The minimum absolute atomic E-state index is 0.0287. The maximum atomic E-state index is 12.2. The van der Waals surface area contributed by atoms with Gasteiger partial charge in [0.1, 0.15) is 5.75 Å². The minimum atomic E-state index is -0.186. The average molecular weight is 329 g/mol. The van der Waals surface area contributed by atoms with Gasteiger partial charge in [-0.3, -0.25) is 4.79 Å². The first kappa shape index (κ1) is 16.5. The molecule has 3 rings (SSSR count). The molecule has 1 saturated carbocycles. The molecule has 1 aliphatic carbocycles. The SMILES string of the molecule is CCn1c(O)c(N=NC(=O)C2CCCCC2)c2cc(OC)ccc21. The van der Waals surface area contributed by atoms with Crippen LogP contribution in [0.4, 0.5) is 5.69 Å². The highest BCUT2D eigenvalue weighted by molar-refractivity contribution is 5.96. The van der Waals surface area contributed by atoms with Crippen molar-refractivity contribution in [3.05, 3.63) is 18.2 Å². The number of azo groups is 1. The van der Waals surface area contributed by atoms with E-state index in [0.717, 1.165) is 36.6 Å². The van der Waals surface area contributed by atoms with E-state index in [1.165, 1.54) is 6.42 Å². The second-order valence-corrected chi connectivity index (χ2v) is 6.17. The molecule has 1 heterocycles. The number of nitrogens with zero attached hydrogens (tertiary/aromatic N) is 3. The van der Waals surface area contributed by atoms with Crippen molar-refractivity contribution in [2.45, 2.75) is 45.6 Å². The van der Waals surface area contributed by atoms with E-state index in [-0.39, 0.29) is 17.7 Å². The van der Waals surface area contributed by atoms with Crippen LogP contribution < -0.4 is 4.74 Å². The van der Waals surface area contributed by atoms with E-state index in [1.54, 1.807) is 17.7 Å². The maximum Gasteiger partial charge on any atom is 0.267 e. The lowest BCUT2D eigenvalue weighted by molar-refractivity contribution is -0.122. The Morgan fingerprint density at radius 2 is 2.08 bits per heavy atom. The minimum Gasteiger partial charge on any atom is -0.497 e. The van der Waals surface area contributed by atoms with Crippen molar-refractivity contribution in [3.63, 3.8) is 0 Å². The second-order valence-electron chi connectivity index (χ2n) is 6.17. The highest BCUT2D eigenvalue weighted by Crippen LogP contribution is 2.40. The number of ether oxygens (including phenoxy) is 1. The topological polar surface area (TPSA) is 76.2 Å². The summed E-state index contributed by atoms with van der Waals surface area (Å²) in [6.07, 6.45) is 5.10. The van der Waals surface area contributed by atoms with Gasteiger partial charge in [-0.15, -0.1) is 10.2 Å². The summed E-state index contributed by atoms with van der Waals surface area (Å²) in [4.78, 5) is 12.2. The number of aryl methyl sites for hydroxylation is 1. The fourth-order valence-electron chi connectivity index (χ4n) is 3.38. The lowest BCUT2D eigenvalue weighted by Gasteiger charge is -2.17. The summed E-state index contributed by atoms with van der Waals surface area (Å²) in [7, 11) is 1.59. The summed E-state index contributed by atoms with van der Waals surface area (Å²) in [5.74, 6) is 0.486. The standard InChI is InChI=1S/C18H23N3O3/c1-3-21-15-10-9-13(24-2)11-14(15)16(18(21)23)19-20-17(22)12-7-5-4-6-8-12/h9-12,23H,3-8H2,1-2H3. The van der Waals surface area contributed by atoms with Crippen LogP contribution >= 0.6 is 0 Å². The lowest BCUT2D eigenvalue weighted by atomic mass is 9.89. The van der Waals surface area contributed by atoms with Crippen LogP contribution in [-0.2, 0) is 11.3 Å². The molecule has 0 atom stereocenters. The van der Waals surface area contributed by atoms with Gasteiger partial charge >= 0.3 is 0 Å². The van der Waals surface area contributed by atoms with Gasteiger partial charge in [-0.25, -0.2) is 0 Å². The zero-order chi connectivity index (χ0) is 17.1. The molecule has 1 aliphatic rings. The fraction of sp³-hybridized carbons (Fsp3) is 0.500. The summed E-state index contributed by atoms with van der Waals surface area (Å²) in [5.41, 5.74) is 1.17. The predicted octanol–water partition coefficient (Wildman–Crippen LogP) is 4.57. The number of fused-ring (bicyclic) bond motifs is 1. The van der Waals surface area contributed by atoms with Crippen molar-refractivity contribution in [2.75, 3.05) is 7.11 Å². The van der Waals surface area contributed by atoms with Crippen LogP contribution in [-0.4, -0.2) is 22.7 Å². The van der Waals surface area contributed by atoms with Crippen molar-refractivity contribution >= 4 is 22.5 Å². The van der Waals surface area contributed by atoms with Gasteiger partial charge in [-0.05, 0) is 38.0 Å². The molecule has 0 spiro atoms. The molecule has 1 aromatic carbocycles. The zero-order valence-electron chi connectivity index (χ0n) is 14.2. The van der Waals surface area contributed by atoms with Gasteiger partial charge in [-0.2, -0.15) is 0 Å². The number of hydrogen-bond donors (Lipinski definition) is 1. The van der Waals surface area contributed by atoms with Crippen LogP contribution in [0.1, 0.15) is 39.0 Å². The number of carbonyl (C=O) groups is 1. The molecule has 24 heavy (non-hydrogen) atoms. The van der Waals surface area contributed by atoms with Crippen LogP contribution in [0.25, 0.3) is 10.9 Å². The monoisotopic (exact) mass is 329 g/mol. The van der Waals surface area contributed by atoms with E-state index in [1.807, 2.05) is 19.1 Å². The number of carbonyl (C=O) groups excluding carboxylic acids is 1. The van der Waals surface area contributed by atoms with E-state index in [9.17, 15) is 9.90 Å². The van der Waals surface area contributed by atoms with Crippen molar-refractivity contribution in [2.24, 2.45) is 16.1 Å². The van der Waals surface area contributed by atoms with Gasteiger partial charge < -0.3 is 14.4 Å². The smallest absolute Gasteiger partial charge is 0.267 e. The molecule has 0 aliphatic heterocycles. The van der Waals surface area contributed by atoms with Gasteiger partial charge in [0.15, 0.2) is 5.69 Å². The summed E-state index contributed by atoms with van der Waals surface area (Å²) in [6, 6.07) is 5.52. The predicted molar refractivity (Wildman–Crippen MR) is 91.9 cm³/mol. The Kier molecular flexibility index (Phi) is 4.83. The van der Waals surface area contributed by atoms with Gasteiger partial charge in [0, 0.05) is 17.8 Å². The highest BCUT2D eigenvalue weighted by Gasteiger charge is 2.22. The van der Waals surface area contributed by atoms with Crippen LogP contribution in [0.3, 0.4) is 0 Å². The average Bonchev–Trinajstić information content (AvgIpc) is 2.90. The number of methoxy groups -OCH3 is 1. The van der Waals surface area contributed by atoms with Crippen LogP contribution in [0, 0.1) is 5.92 Å². The molecule has 0 unspecified atom stereocenters. The molecule has 0 radical (unpaired) electrons. The molecular weight excluding hydrogens is 306 g/mol. The van der Waals surface area contributed by atoms with Crippen LogP contribution in [0.5, 0.6) is 11.6 Å². The van der Waals surface area contributed by atoms with E-state index < -0.39 is 0 Å². The molecule has 1 fully saturated rings. The molecule has 0 bridgehead atoms. The first-order chi connectivity index (χ1) is 11.7. The van der Waals surface area contributed by atoms with E-state index >= 15 is 0 Å². The van der Waals surface area contributed by atoms with Crippen LogP contribution in [0.2, 0.25) is 0 Å². The Morgan fingerprint density at radius 1 is 1.33 bits per heavy atom. The van der Waals surface area contributed by atoms with Gasteiger partial charge in [0.2, 0.25) is 5.88 Å². The third kappa shape index (κ3) is 3.00. The van der Waals surface area contributed by atoms with Crippen molar-refractivity contribution < 1.29 is 14.6 Å². The molecule has 1 aromatic heterocycles. The molecular formula is C18H23N3O3. The Morgan fingerprint density at radius 3 is 2.75 bits per heavy atom. The Bertz CT molecular complexity index is 773. The van der Waals surface area contributed by atoms with Crippen molar-refractivity contribution in [1.82, 2.24) is 4.57 Å². The molecule has 0 saturated heterocycles. The number of aromatic hydroxyl groups is 1. The number of amides is 1. The summed E-state index contributed by atoms with van der Waals surface area (Å²) >= 11 is 0. The third-order valence-electron chi connectivity index (χ3n) is 4.74. The van der Waals surface area contributed by atoms with E-state index in [2.05, 4.69) is 10.2 Å². The molecule has 6 heteroatoms. The summed E-state index contributed by atoms with van der Waals surface area (Å²) in [5, 5.41) is 19.2. The Balaban J connectivity index is 1.96. The molecule has 6 nitrogen and oxygen atoms in total. The van der Waals surface area contributed by atoms with Crippen LogP contribution in [0.15, 0.2) is 28.4 Å². The molecule has 1 N–H and O–H groups in total. The van der Waals surface area contributed by atoms with Crippen molar-refractivity contribution in [3.8, 4) is 11.6 Å². The fourth-order valence-corrected chi connectivity index (χ4v) is 3.38. The number of hydrogen-bond acceptors (Lipinski definition) is 4. The van der Waals surface area contributed by atoms with Gasteiger partial charge in [0.25, 0.3) is 5.91 Å². The first-order valence-electron chi connectivity index (χ1n) is 8.50. The van der Waals surface area contributed by atoms with Gasteiger partial charge in [-0.1, -0.05) is 19.3 Å². The molecule has 128 valence electrons. The van der Waals surface area contributed by atoms with E-state index in [4.69, 9.17) is 4.74 Å². The lowest BCUT2D eigenvalue weighted by Crippen LogP contribution is -2.15. The third-order valence-corrected chi connectivity index (χ3v) is 4.74. The number of benzene rings is 1. The molecule has 1 amide bonds. The number of aromatic nitrogens is 1. The van der Waals surface area contributed by atoms with Crippen molar-refractivity contribution in [1.29, 1.82) is 0 Å². The Hall–Kier alpha value is -2.37. The summed E-state index contributed by atoms with van der Waals surface area (Å²) in [6.45, 7) is 2.54. The number of rotatable bonds is 4.